The Bertz CT molecular complexity index is 663. The van der Waals surface area contributed by atoms with Crippen molar-refractivity contribution in [2.24, 2.45) is 0 Å². The summed E-state index contributed by atoms with van der Waals surface area (Å²) >= 11 is 0. The number of amides is 1. The van der Waals surface area contributed by atoms with Crippen molar-refractivity contribution < 1.29 is 13.9 Å². The Morgan fingerprint density at radius 2 is 2.10 bits per heavy atom. The van der Waals surface area contributed by atoms with Crippen molar-refractivity contribution in [1.29, 1.82) is 0 Å². The number of ether oxygens (including phenoxy) is 1. The number of aryl methyl sites for hydroxylation is 2. The second-order valence-electron chi connectivity index (χ2n) is 4.95. The quantitative estimate of drug-likeness (QED) is 0.801. The van der Waals surface area contributed by atoms with Gasteiger partial charge in [0.15, 0.2) is 11.6 Å². The number of hydrogen-bond acceptors (Lipinski definition) is 4. The summed E-state index contributed by atoms with van der Waals surface area (Å²) < 4.78 is 11.1. The molecule has 1 unspecified atom stereocenters. The lowest BCUT2D eigenvalue weighted by atomic mass is 10.1. The number of hydrogen-bond donors (Lipinski definition) is 0. The van der Waals surface area contributed by atoms with Gasteiger partial charge in [0.1, 0.15) is 17.6 Å². The van der Waals surface area contributed by atoms with Crippen LogP contribution in [0.15, 0.2) is 28.7 Å². The molecule has 1 atom stereocenters. The van der Waals surface area contributed by atoms with E-state index in [1.165, 1.54) is 0 Å². The number of nitrogens with zero attached hydrogens (tertiary/aromatic N) is 2. The Morgan fingerprint density at radius 1 is 1.35 bits per heavy atom. The average molecular weight is 272 g/mol. The van der Waals surface area contributed by atoms with Gasteiger partial charge in [-0.05, 0) is 26.0 Å². The predicted octanol–water partition coefficient (Wildman–Crippen LogP) is 2.72. The molecular formula is C15H16N2O3. The minimum atomic E-state index is -0.151. The van der Waals surface area contributed by atoms with Gasteiger partial charge in [-0.2, -0.15) is 0 Å². The van der Waals surface area contributed by atoms with Crippen molar-refractivity contribution in [3.05, 3.63) is 41.6 Å². The molecule has 2 heterocycles. The summed E-state index contributed by atoms with van der Waals surface area (Å²) in [7, 11) is 0. The fraction of sp³-hybridized carbons (Fsp3) is 0.333. The minimum Gasteiger partial charge on any atom is -0.487 e. The van der Waals surface area contributed by atoms with Gasteiger partial charge in [-0.25, -0.2) is 4.98 Å². The van der Waals surface area contributed by atoms with Crippen LogP contribution in [-0.2, 0) is 0 Å². The van der Waals surface area contributed by atoms with E-state index in [2.05, 4.69) is 4.98 Å². The van der Waals surface area contributed by atoms with E-state index in [0.717, 1.165) is 11.4 Å². The van der Waals surface area contributed by atoms with Crippen LogP contribution >= 0.6 is 0 Å². The second kappa shape index (κ2) is 4.67. The first-order valence-electron chi connectivity index (χ1n) is 6.58. The van der Waals surface area contributed by atoms with Crippen LogP contribution in [0.1, 0.15) is 29.1 Å². The number of carbonyl (C=O) groups excluding carboxylic acids is 1. The van der Waals surface area contributed by atoms with E-state index in [1.807, 2.05) is 31.2 Å². The first-order valence-corrected chi connectivity index (χ1v) is 6.58. The molecule has 0 saturated carbocycles. The van der Waals surface area contributed by atoms with E-state index >= 15 is 0 Å². The van der Waals surface area contributed by atoms with Crippen molar-refractivity contribution in [2.75, 3.05) is 11.4 Å². The molecule has 0 radical (unpaired) electrons. The highest BCUT2D eigenvalue weighted by Crippen LogP contribution is 2.34. The zero-order chi connectivity index (χ0) is 14.3. The number of oxazole rings is 1. The molecule has 0 fully saturated rings. The van der Waals surface area contributed by atoms with Crippen LogP contribution in [0.25, 0.3) is 0 Å². The standard InChI is InChI=1S/C15H16N2O3/c1-9-8-17(12-6-4-5-7-13(12)19-9)15(18)14-10(2)20-11(3)16-14/h4-7,9H,8H2,1-3H3. The Hall–Kier alpha value is -2.30. The number of anilines is 1. The Morgan fingerprint density at radius 3 is 2.80 bits per heavy atom. The van der Waals surface area contributed by atoms with E-state index in [-0.39, 0.29) is 12.0 Å². The molecule has 2 aromatic rings. The van der Waals surface area contributed by atoms with Gasteiger partial charge in [-0.15, -0.1) is 0 Å². The lowest BCUT2D eigenvalue weighted by Crippen LogP contribution is -2.42. The molecule has 1 aliphatic heterocycles. The molecule has 1 aromatic heterocycles. The van der Waals surface area contributed by atoms with Gasteiger partial charge in [-0.3, -0.25) is 9.69 Å². The van der Waals surface area contributed by atoms with Crippen LogP contribution in [0.4, 0.5) is 5.69 Å². The summed E-state index contributed by atoms with van der Waals surface area (Å²) in [5, 5.41) is 0. The van der Waals surface area contributed by atoms with Crippen LogP contribution in [-0.4, -0.2) is 23.5 Å². The number of rotatable bonds is 1. The van der Waals surface area contributed by atoms with Gasteiger partial charge in [0, 0.05) is 6.92 Å². The molecule has 0 N–H and O–H groups in total. The van der Waals surface area contributed by atoms with Crippen LogP contribution in [0.2, 0.25) is 0 Å². The molecule has 1 aliphatic rings. The SMILES string of the molecule is Cc1nc(C(=O)N2CC(C)Oc3ccccc32)c(C)o1. The summed E-state index contributed by atoms with van der Waals surface area (Å²) in [5.74, 6) is 1.61. The van der Waals surface area contributed by atoms with Crippen molar-refractivity contribution >= 4 is 11.6 Å². The third-order valence-electron chi connectivity index (χ3n) is 3.28. The molecule has 0 spiro atoms. The van der Waals surface area contributed by atoms with Crippen molar-refractivity contribution in [3.8, 4) is 5.75 Å². The highest BCUT2D eigenvalue weighted by Gasteiger charge is 2.30. The minimum absolute atomic E-state index is 0.0536. The monoisotopic (exact) mass is 272 g/mol. The zero-order valence-corrected chi connectivity index (χ0v) is 11.7. The van der Waals surface area contributed by atoms with Gasteiger partial charge in [0.05, 0.1) is 12.2 Å². The Kier molecular flexibility index (Phi) is 2.97. The molecule has 20 heavy (non-hydrogen) atoms. The fourth-order valence-electron chi connectivity index (χ4n) is 2.44. The third-order valence-corrected chi connectivity index (χ3v) is 3.28. The van der Waals surface area contributed by atoms with Crippen LogP contribution < -0.4 is 9.64 Å². The van der Waals surface area contributed by atoms with Crippen LogP contribution in [0.3, 0.4) is 0 Å². The van der Waals surface area contributed by atoms with Gasteiger partial charge in [0.25, 0.3) is 5.91 Å². The second-order valence-corrected chi connectivity index (χ2v) is 4.95. The number of carbonyl (C=O) groups is 1. The average Bonchev–Trinajstić information content (AvgIpc) is 2.76. The smallest absolute Gasteiger partial charge is 0.280 e. The van der Waals surface area contributed by atoms with Crippen molar-refractivity contribution in [1.82, 2.24) is 4.98 Å². The van der Waals surface area contributed by atoms with Crippen molar-refractivity contribution in [3.63, 3.8) is 0 Å². The van der Waals surface area contributed by atoms with Crippen LogP contribution in [0, 0.1) is 13.8 Å². The fourth-order valence-corrected chi connectivity index (χ4v) is 2.44. The van der Waals surface area contributed by atoms with Gasteiger partial charge in [-0.1, -0.05) is 12.1 Å². The van der Waals surface area contributed by atoms with E-state index < -0.39 is 0 Å². The number of benzene rings is 1. The summed E-state index contributed by atoms with van der Waals surface area (Å²) in [6.45, 7) is 5.93. The van der Waals surface area contributed by atoms with Gasteiger partial charge in [0.2, 0.25) is 0 Å². The van der Waals surface area contributed by atoms with Gasteiger partial charge < -0.3 is 9.15 Å². The molecule has 1 amide bonds. The summed E-state index contributed by atoms with van der Waals surface area (Å²) in [6.07, 6.45) is -0.0536. The zero-order valence-electron chi connectivity index (χ0n) is 11.7. The highest BCUT2D eigenvalue weighted by atomic mass is 16.5. The summed E-state index contributed by atoms with van der Waals surface area (Å²) in [4.78, 5) is 18.6. The molecule has 0 bridgehead atoms. The largest absolute Gasteiger partial charge is 0.487 e. The van der Waals surface area contributed by atoms with E-state index in [4.69, 9.17) is 9.15 Å². The molecule has 104 valence electrons. The molecule has 3 rings (SSSR count). The lowest BCUT2D eigenvalue weighted by Gasteiger charge is -2.33. The maximum atomic E-state index is 12.7. The number of aromatic nitrogens is 1. The van der Waals surface area contributed by atoms with Crippen molar-refractivity contribution in [2.45, 2.75) is 26.9 Å². The maximum absolute atomic E-state index is 12.7. The molecule has 0 aliphatic carbocycles. The predicted molar refractivity (Wildman–Crippen MR) is 74.2 cm³/mol. The summed E-state index contributed by atoms with van der Waals surface area (Å²) in [6, 6.07) is 7.53. The molecule has 1 aromatic carbocycles. The molecule has 0 saturated heterocycles. The highest BCUT2D eigenvalue weighted by molar-refractivity contribution is 6.06. The topological polar surface area (TPSA) is 55.6 Å². The first kappa shape index (κ1) is 12.7. The lowest BCUT2D eigenvalue weighted by molar-refractivity contribution is 0.0955. The normalized spacial score (nSPS) is 17.6. The third kappa shape index (κ3) is 2.05. The Balaban J connectivity index is 2.02. The van der Waals surface area contributed by atoms with Gasteiger partial charge >= 0.3 is 0 Å². The van der Waals surface area contributed by atoms with Crippen LogP contribution in [0.5, 0.6) is 5.75 Å². The summed E-state index contributed by atoms with van der Waals surface area (Å²) in [5.41, 5.74) is 1.14. The number of para-hydroxylation sites is 2. The van der Waals surface area contributed by atoms with E-state index in [9.17, 15) is 4.79 Å². The van der Waals surface area contributed by atoms with E-state index in [1.54, 1.807) is 18.7 Å². The number of fused-ring (bicyclic) bond motifs is 1. The first-order chi connectivity index (χ1) is 9.56. The molecule has 5 nitrogen and oxygen atoms in total. The Labute approximate surface area is 117 Å². The van der Waals surface area contributed by atoms with E-state index in [0.29, 0.717) is 23.9 Å². The maximum Gasteiger partial charge on any atom is 0.280 e. The molecule has 5 heteroatoms. The molecular weight excluding hydrogens is 256 g/mol.